The van der Waals surface area contributed by atoms with Crippen LogP contribution in [0.4, 0.5) is 24.8 Å². The van der Waals surface area contributed by atoms with Crippen LogP contribution >= 0.6 is 15.9 Å². The summed E-state index contributed by atoms with van der Waals surface area (Å²) in [6, 6.07) is 12.1. The average molecular weight is 478 g/mol. The van der Waals surface area contributed by atoms with Gasteiger partial charge in [0.25, 0.3) is 0 Å². The molecule has 0 unspecified atom stereocenters. The van der Waals surface area contributed by atoms with Gasteiger partial charge in [0.1, 0.15) is 0 Å². The molecule has 0 N–H and O–H groups in total. The van der Waals surface area contributed by atoms with E-state index in [0.717, 1.165) is 6.07 Å². The number of halogens is 4. The second-order valence-corrected chi connectivity index (χ2v) is 7.56. The van der Waals surface area contributed by atoms with Gasteiger partial charge in [0.2, 0.25) is 5.95 Å². The standard InChI is InChI=1S/C22H19BrF3N3O/c1-4-29(20-10-9-15(14(3)30)12-18(20)23)21-27-13(2)11-19(28-21)16-7-5-6-8-17(16)22(24,25)26/h5-12H,4H2,1-3H3. The van der Waals surface area contributed by atoms with E-state index in [-0.39, 0.29) is 23.0 Å². The second-order valence-electron chi connectivity index (χ2n) is 6.70. The molecule has 0 radical (unpaired) electrons. The SMILES string of the molecule is CCN(c1nc(C)cc(-c2ccccc2C(F)(F)F)n1)c1ccc(C(C)=O)cc1Br. The number of ketones is 1. The number of anilines is 2. The van der Waals surface area contributed by atoms with Gasteiger partial charge in [-0.1, -0.05) is 18.2 Å². The number of benzene rings is 2. The lowest BCUT2D eigenvalue weighted by atomic mass is 10.0. The highest BCUT2D eigenvalue weighted by Crippen LogP contribution is 2.38. The molecule has 3 rings (SSSR count). The fourth-order valence-electron chi connectivity index (χ4n) is 3.13. The molecule has 0 saturated carbocycles. The lowest BCUT2D eigenvalue weighted by Crippen LogP contribution is -2.20. The number of alkyl halides is 3. The average Bonchev–Trinajstić information content (AvgIpc) is 2.68. The van der Waals surface area contributed by atoms with Gasteiger partial charge < -0.3 is 4.90 Å². The summed E-state index contributed by atoms with van der Waals surface area (Å²) in [6.45, 7) is 5.56. The van der Waals surface area contributed by atoms with Gasteiger partial charge in [-0.2, -0.15) is 13.2 Å². The Morgan fingerprint density at radius 3 is 2.40 bits per heavy atom. The van der Waals surface area contributed by atoms with Crippen LogP contribution in [0.1, 0.15) is 35.5 Å². The normalized spacial score (nSPS) is 11.4. The van der Waals surface area contributed by atoms with Gasteiger partial charge in [0.05, 0.1) is 16.9 Å². The quantitative estimate of drug-likeness (QED) is 0.388. The number of aryl methyl sites for hydroxylation is 1. The number of hydrogen-bond donors (Lipinski definition) is 0. The molecule has 0 aliphatic rings. The first kappa shape index (κ1) is 22.0. The predicted molar refractivity (Wildman–Crippen MR) is 114 cm³/mol. The third-order valence-electron chi connectivity index (χ3n) is 4.55. The summed E-state index contributed by atoms with van der Waals surface area (Å²) < 4.78 is 41.1. The van der Waals surface area contributed by atoms with Crippen LogP contribution in [0.5, 0.6) is 0 Å². The number of aromatic nitrogens is 2. The molecule has 0 saturated heterocycles. The molecule has 0 fully saturated rings. The summed E-state index contributed by atoms with van der Waals surface area (Å²) in [5.41, 5.74) is 1.25. The predicted octanol–water partition coefficient (Wildman–Crippen LogP) is 6.59. The zero-order valence-corrected chi connectivity index (χ0v) is 18.2. The van der Waals surface area contributed by atoms with Crippen LogP contribution in [-0.4, -0.2) is 22.3 Å². The van der Waals surface area contributed by atoms with E-state index in [4.69, 9.17) is 0 Å². The number of hydrogen-bond acceptors (Lipinski definition) is 4. The van der Waals surface area contributed by atoms with Crippen molar-refractivity contribution in [2.45, 2.75) is 26.9 Å². The molecular weight excluding hydrogens is 459 g/mol. The zero-order valence-electron chi connectivity index (χ0n) is 16.6. The van der Waals surface area contributed by atoms with Crippen LogP contribution in [0.25, 0.3) is 11.3 Å². The van der Waals surface area contributed by atoms with Gasteiger partial charge in [-0.25, -0.2) is 9.97 Å². The van der Waals surface area contributed by atoms with Crippen LogP contribution in [0.3, 0.4) is 0 Å². The molecule has 0 atom stereocenters. The maximum absolute atomic E-state index is 13.5. The van der Waals surface area contributed by atoms with E-state index in [1.165, 1.54) is 25.1 Å². The topological polar surface area (TPSA) is 46.1 Å². The molecule has 0 amide bonds. The van der Waals surface area contributed by atoms with Crippen LogP contribution < -0.4 is 4.90 Å². The van der Waals surface area contributed by atoms with Gasteiger partial charge in [0.15, 0.2) is 5.78 Å². The smallest absolute Gasteiger partial charge is 0.310 e. The Kier molecular flexibility index (Phi) is 6.26. The van der Waals surface area contributed by atoms with Crippen molar-refractivity contribution in [2.24, 2.45) is 0 Å². The molecule has 3 aromatic rings. The van der Waals surface area contributed by atoms with E-state index < -0.39 is 11.7 Å². The highest BCUT2D eigenvalue weighted by molar-refractivity contribution is 9.10. The largest absolute Gasteiger partial charge is 0.417 e. The maximum atomic E-state index is 13.5. The van der Waals surface area contributed by atoms with Crippen molar-refractivity contribution in [3.8, 4) is 11.3 Å². The molecule has 0 aliphatic heterocycles. The van der Waals surface area contributed by atoms with Gasteiger partial charge in [-0.15, -0.1) is 0 Å². The molecule has 1 aromatic heterocycles. The molecule has 0 bridgehead atoms. The Hall–Kier alpha value is -2.74. The van der Waals surface area contributed by atoms with Crippen LogP contribution in [0.15, 0.2) is 53.0 Å². The van der Waals surface area contributed by atoms with Crippen LogP contribution in [-0.2, 0) is 6.18 Å². The van der Waals surface area contributed by atoms with Crippen molar-refractivity contribution in [3.05, 3.63) is 69.8 Å². The van der Waals surface area contributed by atoms with E-state index in [1.807, 2.05) is 6.92 Å². The molecule has 156 valence electrons. The summed E-state index contributed by atoms with van der Waals surface area (Å²) in [4.78, 5) is 22.3. The second kappa shape index (κ2) is 8.55. The Balaban J connectivity index is 2.13. The minimum absolute atomic E-state index is 0.00111. The molecule has 0 spiro atoms. The van der Waals surface area contributed by atoms with Crippen LogP contribution in [0, 0.1) is 6.92 Å². The number of carbonyl (C=O) groups excluding carboxylic acids is 1. The van der Waals surface area contributed by atoms with Gasteiger partial charge >= 0.3 is 6.18 Å². The summed E-state index contributed by atoms with van der Waals surface area (Å²) >= 11 is 3.48. The third kappa shape index (κ3) is 4.53. The molecule has 8 heteroatoms. The fraction of sp³-hybridized carbons (Fsp3) is 0.227. The molecule has 1 heterocycles. The number of nitrogens with zero attached hydrogens (tertiary/aromatic N) is 3. The lowest BCUT2D eigenvalue weighted by Gasteiger charge is -2.24. The molecule has 2 aromatic carbocycles. The van der Waals surface area contributed by atoms with E-state index >= 15 is 0 Å². The van der Waals surface area contributed by atoms with E-state index in [2.05, 4.69) is 25.9 Å². The van der Waals surface area contributed by atoms with Crippen molar-refractivity contribution < 1.29 is 18.0 Å². The Morgan fingerprint density at radius 2 is 1.80 bits per heavy atom. The van der Waals surface area contributed by atoms with Gasteiger partial charge in [0, 0.05) is 27.8 Å². The van der Waals surface area contributed by atoms with Crippen molar-refractivity contribution in [1.29, 1.82) is 0 Å². The molecule has 0 aliphatic carbocycles. The first-order valence-corrected chi connectivity index (χ1v) is 10.0. The van der Waals surface area contributed by atoms with Gasteiger partial charge in [-0.3, -0.25) is 4.79 Å². The summed E-state index contributed by atoms with van der Waals surface area (Å²) in [5.74, 6) is 0.212. The van der Waals surface area contributed by atoms with Crippen molar-refractivity contribution >= 4 is 33.3 Å². The number of rotatable bonds is 5. The Labute approximate surface area is 180 Å². The summed E-state index contributed by atoms with van der Waals surface area (Å²) in [6.07, 6.45) is -4.49. The first-order valence-electron chi connectivity index (χ1n) is 9.22. The Bertz CT molecular complexity index is 1100. The van der Waals surface area contributed by atoms with Crippen molar-refractivity contribution in [3.63, 3.8) is 0 Å². The summed E-state index contributed by atoms with van der Waals surface area (Å²) in [5, 5.41) is 0. The zero-order chi connectivity index (χ0) is 22.1. The minimum atomic E-state index is -4.49. The highest BCUT2D eigenvalue weighted by atomic mass is 79.9. The van der Waals surface area contributed by atoms with Crippen LogP contribution in [0.2, 0.25) is 0 Å². The number of carbonyl (C=O) groups is 1. The minimum Gasteiger partial charge on any atom is -0.310 e. The fourth-order valence-corrected chi connectivity index (χ4v) is 3.72. The van der Waals surface area contributed by atoms with Crippen molar-refractivity contribution in [1.82, 2.24) is 9.97 Å². The Morgan fingerprint density at radius 1 is 1.10 bits per heavy atom. The summed E-state index contributed by atoms with van der Waals surface area (Å²) in [7, 11) is 0. The van der Waals surface area contributed by atoms with E-state index in [0.29, 0.717) is 28.0 Å². The monoisotopic (exact) mass is 477 g/mol. The molecule has 30 heavy (non-hydrogen) atoms. The molecular formula is C22H19BrF3N3O. The van der Waals surface area contributed by atoms with E-state index in [1.54, 1.807) is 36.1 Å². The van der Waals surface area contributed by atoms with Gasteiger partial charge in [-0.05, 0) is 67.0 Å². The lowest BCUT2D eigenvalue weighted by molar-refractivity contribution is -0.137. The highest BCUT2D eigenvalue weighted by Gasteiger charge is 2.34. The third-order valence-corrected chi connectivity index (χ3v) is 5.19. The first-order chi connectivity index (χ1) is 14.1. The number of Topliss-reactive ketones (excluding diaryl/α,β-unsaturated/α-hetero) is 1. The van der Waals surface area contributed by atoms with Crippen molar-refractivity contribution in [2.75, 3.05) is 11.4 Å². The molecule has 4 nitrogen and oxygen atoms in total. The van der Waals surface area contributed by atoms with E-state index in [9.17, 15) is 18.0 Å². The maximum Gasteiger partial charge on any atom is 0.417 e.